The molecule has 0 amide bonds. The summed E-state index contributed by atoms with van der Waals surface area (Å²) in [4.78, 5) is 0. The Bertz CT molecular complexity index is 909. The molecule has 7 heteroatoms. The molecule has 2 aromatic carbocycles. The first-order valence-electron chi connectivity index (χ1n) is 9.75. The summed E-state index contributed by atoms with van der Waals surface area (Å²) in [5.74, 6) is 0.826. The first-order chi connectivity index (χ1) is 14.1. The highest BCUT2D eigenvalue weighted by atomic mass is 32.2. The van der Waals surface area contributed by atoms with Gasteiger partial charge < -0.3 is 14.8 Å². The maximum atomic E-state index is 12.8. The van der Waals surface area contributed by atoms with Gasteiger partial charge in [0, 0.05) is 31.7 Å². The predicted molar refractivity (Wildman–Crippen MR) is 114 cm³/mol. The average Bonchev–Trinajstić information content (AvgIpc) is 2.75. The number of hydrogen-bond donors (Lipinski definition) is 1. The minimum absolute atomic E-state index is 0.00386. The van der Waals surface area contributed by atoms with Gasteiger partial charge in [-0.05, 0) is 17.2 Å². The number of hydrogen-bond acceptors (Lipinski definition) is 5. The molecule has 1 aliphatic rings. The molecule has 0 aliphatic carbocycles. The van der Waals surface area contributed by atoms with Crippen LogP contribution in [-0.4, -0.2) is 45.6 Å². The molecule has 1 aliphatic heterocycles. The molecule has 0 spiro atoms. The minimum atomic E-state index is -3.36. The van der Waals surface area contributed by atoms with Crippen LogP contribution in [0, 0.1) is 0 Å². The third-order valence-electron chi connectivity index (χ3n) is 4.78. The van der Waals surface area contributed by atoms with Crippen LogP contribution in [0.1, 0.15) is 16.7 Å². The van der Waals surface area contributed by atoms with E-state index < -0.39 is 10.0 Å². The number of sulfonamides is 1. The topological polar surface area (TPSA) is 67.9 Å². The van der Waals surface area contributed by atoms with Gasteiger partial charge in [0.25, 0.3) is 0 Å². The van der Waals surface area contributed by atoms with Crippen LogP contribution in [0.15, 0.2) is 61.2 Å². The molecule has 6 nitrogen and oxygen atoms in total. The minimum Gasteiger partial charge on any atom is -0.489 e. The Morgan fingerprint density at radius 1 is 1.00 bits per heavy atom. The summed E-state index contributed by atoms with van der Waals surface area (Å²) in [5.41, 5.74) is 2.85. The van der Waals surface area contributed by atoms with E-state index >= 15 is 0 Å². The van der Waals surface area contributed by atoms with Crippen molar-refractivity contribution >= 4 is 10.0 Å². The third-order valence-corrected chi connectivity index (χ3v) is 6.61. The molecule has 1 saturated heterocycles. The van der Waals surface area contributed by atoms with Crippen LogP contribution >= 0.6 is 0 Å². The van der Waals surface area contributed by atoms with Crippen molar-refractivity contribution in [2.45, 2.75) is 18.8 Å². The summed E-state index contributed by atoms with van der Waals surface area (Å²) in [6.07, 6.45) is 1.72. The molecule has 0 radical (unpaired) electrons. The summed E-state index contributed by atoms with van der Waals surface area (Å²) >= 11 is 0. The number of ether oxygens (including phenoxy) is 2. The largest absolute Gasteiger partial charge is 0.489 e. The Morgan fingerprint density at radius 3 is 2.34 bits per heavy atom. The van der Waals surface area contributed by atoms with E-state index in [1.165, 1.54) is 4.31 Å². The summed E-state index contributed by atoms with van der Waals surface area (Å²) < 4.78 is 38.0. The Labute approximate surface area is 173 Å². The van der Waals surface area contributed by atoms with Crippen molar-refractivity contribution in [1.29, 1.82) is 0 Å². The highest BCUT2D eigenvalue weighted by molar-refractivity contribution is 7.88. The molecule has 29 heavy (non-hydrogen) atoms. The molecule has 0 saturated carbocycles. The third kappa shape index (κ3) is 6.14. The van der Waals surface area contributed by atoms with Crippen LogP contribution in [0.25, 0.3) is 0 Å². The summed E-state index contributed by atoms with van der Waals surface area (Å²) in [6, 6.07) is 15.5. The van der Waals surface area contributed by atoms with Crippen molar-refractivity contribution in [2.24, 2.45) is 0 Å². The van der Waals surface area contributed by atoms with Crippen molar-refractivity contribution in [3.05, 3.63) is 77.9 Å². The van der Waals surface area contributed by atoms with Crippen LogP contribution in [0.2, 0.25) is 0 Å². The van der Waals surface area contributed by atoms with E-state index in [0.29, 0.717) is 46.0 Å². The molecule has 1 heterocycles. The van der Waals surface area contributed by atoms with Crippen molar-refractivity contribution < 1.29 is 17.9 Å². The molecule has 0 unspecified atom stereocenters. The maximum absolute atomic E-state index is 12.8. The molecule has 3 rings (SSSR count). The first-order valence-corrected chi connectivity index (χ1v) is 11.4. The number of nitrogens with one attached hydrogen (secondary N) is 1. The Balaban J connectivity index is 1.63. The van der Waals surface area contributed by atoms with Gasteiger partial charge in [-0.2, -0.15) is 4.31 Å². The van der Waals surface area contributed by atoms with Gasteiger partial charge in [0.2, 0.25) is 10.0 Å². The quantitative estimate of drug-likeness (QED) is 0.603. The van der Waals surface area contributed by atoms with Gasteiger partial charge in [-0.1, -0.05) is 55.1 Å². The second-order valence-electron chi connectivity index (χ2n) is 6.85. The molecule has 156 valence electrons. The van der Waals surface area contributed by atoms with Crippen LogP contribution in [0.4, 0.5) is 0 Å². The molecule has 1 N–H and O–H groups in total. The van der Waals surface area contributed by atoms with E-state index in [2.05, 4.69) is 11.9 Å². The highest BCUT2D eigenvalue weighted by Gasteiger charge is 2.25. The highest BCUT2D eigenvalue weighted by Crippen LogP contribution is 2.19. The van der Waals surface area contributed by atoms with Gasteiger partial charge in [0.1, 0.15) is 12.4 Å². The second kappa shape index (κ2) is 10.5. The van der Waals surface area contributed by atoms with Crippen LogP contribution < -0.4 is 10.1 Å². The molecule has 2 aromatic rings. The summed E-state index contributed by atoms with van der Waals surface area (Å²) in [7, 11) is -3.36. The van der Waals surface area contributed by atoms with Crippen molar-refractivity contribution in [3.63, 3.8) is 0 Å². The number of morpholine rings is 1. The lowest BCUT2D eigenvalue weighted by Crippen LogP contribution is -2.41. The lowest BCUT2D eigenvalue weighted by atomic mass is 10.1. The SMILES string of the molecule is C=CCOc1ccccc1CNCc1ccccc1CS(=O)(=O)N1CCOCC1. The zero-order valence-electron chi connectivity index (χ0n) is 16.5. The maximum Gasteiger partial charge on any atom is 0.218 e. The normalized spacial score (nSPS) is 15.2. The Morgan fingerprint density at radius 2 is 1.62 bits per heavy atom. The molecular formula is C22H28N2O4S. The van der Waals surface area contributed by atoms with Crippen LogP contribution in [0.3, 0.4) is 0 Å². The number of benzene rings is 2. The second-order valence-corrected chi connectivity index (χ2v) is 8.82. The lowest BCUT2D eigenvalue weighted by Gasteiger charge is -2.26. The van der Waals surface area contributed by atoms with Gasteiger partial charge in [0.05, 0.1) is 19.0 Å². The molecule has 1 fully saturated rings. The van der Waals surface area contributed by atoms with Gasteiger partial charge in [0.15, 0.2) is 0 Å². The van der Waals surface area contributed by atoms with Crippen molar-refractivity contribution in [2.75, 3.05) is 32.9 Å². The monoisotopic (exact) mass is 416 g/mol. The molecule has 0 atom stereocenters. The fraction of sp³-hybridized carbons (Fsp3) is 0.364. The zero-order chi connectivity index (χ0) is 20.5. The van der Waals surface area contributed by atoms with Gasteiger partial charge >= 0.3 is 0 Å². The Hall–Kier alpha value is -2.19. The van der Waals surface area contributed by atoms with E-state index in [1.807, 2.05) is 48.5 Å². The lowest BCUT2D eigenvalue weighted by molar-refractivity contribution is 0.0729. The Kier molecular flexibility index (Phi) is 7.83. The van der Waals surface area contributed by atoms with Crippen molar-refractivity contribution in [1.82, 2.24) is 9.62 Å². The zero-order valence-corrected chi connectivity index (χ0v) is 17.4. The molecular weight excluding hydrogens is 388 g/mol. The molecule has 0 aromatic heterocycles. The first kappa shape index (κ1) is 21.5. The molecule has 0 bridgehead atoms. The fourth-order valence-corrected chi connectivity index (χ4v) is 4.82. The van der Waals surface area contributed by atoms with Gasteiger partial charge in [-0.3, -0.25) is 0 Å². The number of para-hydroxylation sites is 1. The number of nitrogens with zero attached hydrogens (tertiary/aromatic N) is 1. The number of rotatable bonds is 10. The van der Waals surface area contributed by atoms with E-state index in [0.717, 1.165) is 22.4 Å². The van der Waals surface area contributed by atoms with E-state index in [1.54, 1.807) is 6.08 Å². The van der Waals surface area contributed by atoms with Crippen molar-refractivity contribution in [3.8, 4) is 5.75 Å². The van der Waals surface area contributed by atoms with Gasteiger partial charge in [-0.15, -0.1) is 0 Å². The smallest absolute Gasteiger partial charge is 0.218 e. The summed E-state index contributed by atoms with van der Waals surface area (Å²) in [5, 5.41) is 3.41. The van der Waals surface area contributed by atoms with Crippen LogP contribution in [-0.2, 0) is 33.6 Å². The fourth-order valence-electron chi connectivity index (χ4n) is 3.25. The van der Waals surface area contributed by atoms with E-state index in [9.17, 15) is 8.42 Å². The van der Waals surface area contributed by atoms with Gasteiger partial charge in [-0.25, -0.2) is 8.42 Å². The standard InChI is InChI=1S/C22H28N2O4S/c1-2-13-28-22-10-6-5-8-20(22)17-23-16-19-7-3-4-9-21(19)18-29(25,26)24-11-14-27-15-12-24/h2-10,23H,1,11-18H2. The van der Waals surface area contributed by atoms with E-state index in [4.69, 9.17) is 9.47 Å². The summed E-state index contributed by atoms with van der Waals surface area (Å²) in [6.45, 7) is 7.08. The average molecular weight is 417 g/mol. The predicted octanol–water partition coefficient (Wildman–Crippen LogP) is 2.70. The van der Waals surface area contributed by atoms with Crippen LogP contribution in [0.5, 0.6) is 5.75 Å². The van der Waals surface area contributed by atoms with E-state index in [-0.39, 0.29) is 5.75 Å².